The number of hydrogen-bond acceptors (Lipinski definition) is 4. The molecule has 6 nitrogen and oxygen atoms in total. The van der Waals surface area contributed by atoms with Crippen molar-refractivity contribution in [3.8, 4) is 22.7 Å². The lowest BCUT2D eigenvalue weighted by atomic mass is 9.94. The van der Waals surface area contributed by atoms with Gasteiger partial charge in [-0.15, -0.1) is 0 Å². The number of methoxy groups -OCH3 is 1. The third-order valence-corrected chi connectivity index (χ3v) is 7.08. The van der Waals surface area contributed by atoms with E-state index in [9.17, 15) is 8.42 Å². The van der Waals surface area contributed by atoms with Gasteiger partial charge in [0.1, 0.15) is 11.4 Å². The lowest BCUT2D eigenvalue weighted by Crippen LogP contribution is -2.37. The molecular weight excluding hydrogens is 422 g/mol. The van der Waals surface area contributed by atoms with Crippen molar-refractivity contribution in [2.75, 3.05) is 26.5 Å². The smallest absolute Gasteiger partial charge is 0.211 e. The number of aromatic nitrogens is 2. The molecule has 3 aromatic rings. The summed E-state index contributed by atoms with van der Waals surface area (Å²) in [6.07, 6.45) is 2.76. The van der Waals surface area contributed by atoms with Crippen molar-refractivity contribution < 1.29 is 13.2 Å². The van der Waals surface area contributed by atoms with Gasteiger partial charge in [0.15, 0.2) is 0 Å². The fourth-order valence-electron chi connectivity index (χ4n) is 3.90. The molecule has 2 heterocycles. The third kappa shape index (κ3) is 4.24. The van der Waals surface area contributed by atoms with Gasteiger partial charge < -0.3 is 4.74 Å². The van der Waals surface area contributed by atoms with Gasteiger partial charge in [-0.2, -0.15) is 5.10 Å². The van der Waals surface area contributed by atoms with Crippen molar-refractivity contribution in [2.24, 2.45) is 0 Å². The van der Waals surface area contributed by atoms with Gasteiger partial charge in [0.2, 0.25) is 10.0 Å². The second kappa shape index (κ2) is 8.41. The maximum absolute atomic E-state index is 11.8. The summed E-state index contributed by atoms with van der Waals surface area (Å²) in [6, 6.07) is 17.5. The van der Waals surface area contributed by atoms with Crippen LogP contribution in [0.1, 0.15) is 24.5 Å². The first-order valence-electron chi connectivity index (χ1n) is 9.81. The highest BCUT2D eigenvalue weighted by molar-refractivity contribution is 7.88. The van der Waals surface area contributed by atoms with Crippen LogP contribution in [-0.2, 0) is 10.0 Å². The van der Waals surface area contributed by atoms with E-state index < -0.39 is 10.0 Å². The van der Waals surface area contributed by atoms with Crippen LogP contribution in [0.4, 0.5) is 0 Å². The summed E-state index contributed by atoms with van der Waals surface area (Å²) in [5.41, 5.74) is 3.75. The van der Waals surface area contributed by atoms with Crippen LogP contribution < -0.4 is 4.74 Å². The fourth-order valence-corrected chi connectivity index (χ4v) is 4.90. The number of para-hydroxylation sites is 2. The largest absolute Gasteiger partial charge is 0.494 e. The van der Waals surface area contributed by atoms with Crippen LogP contribution in [0.5, 0.6) is 5.75 Å². The van der Waals surface area contributed by atoms with Crippen LogP contribution in [0.15, 0.2) is 54.6 Å². The number of nitrogens with zero attached hydrogens (tertiary/aromatic N) is 3. The van der Waals surface area contributed by atoms with Crippen molar-refractivity contribution >= 4 is 21.6 Å². The molecule has 0 unspecified atom stereocenters. The average molecular weight is 446 g/mol. The highest BCUT2D eigenvalue weighted by Crippen LogP contribution is 2.34. The molecule has 158 valence electrons. The number of piperidine rings is 1. The Bertz CT molecular complexity index is 1130. The normalized spacial score (nSPS) is 16.0. The highest BCUT2D eigenvalue weighted by Gasteiger charge is 2.28. The van der Waals surface area contributed by atoms with Gasteiger partial charge in [-0.1, -0.05) is 35.9 Å². The molecule has 1 aromatic heterocycles. The van der Waals surface area contributed by atoms with Gasteiger partial charge in [0, 0.05) is 29.6 Å². The molecule has 30 heavy (non-hydrogen) atoms. The van der Waals surface area contributed by atoms with Gasteiger partial charge in [-0.05, 0) is 43.2 Å². The van der Waals surface area contributed by atoms with Gasteiger partial charge in [-0.25, -0.2) is 17.4 Å². The molecule has 0 aliphatic carbocycles. The molecule has 0 N–H and O–H groups in total. The summed E-state index contributed by atoms with van der Waals surface area (Å²) in [5.74, 6) is 0.930. The Balaban J connectivity index is 1.74. The zero-order valence-electron chi connectivity index (χ0n) is 17.0. The molecule has 0 radical (unpaired) electrons. The van der Waals surface area contributed by atoms with Crippen molar-refractivity contribution in [1.29, 1.82) is 0 Å². The van der Waals surface area contributed by atoms with Gasteiger partial charge in [0.05, 0.1) is 24.8 Å². The van der Waals surface area contributed by atoms with Gasteiger partial charge in [-0.3, -0.25) is 0 Å². The minimum atomic E-state index is -3.15. The lowest BCUT2D eigenvalue weighted by molar-refractivity contribution is 0.318. The molecule has 4 rings (SSSR count). The standard InChI is InChI=1S/C22H24ClN3O3S/c1-29-22-6-4-3-5-20(22)26-21(17-7-9-18(23)10-8-17)15-19(24-26)16-11-13-25(14-12-16)30(2,27)28/h3-10,15-16H,11-14H2,1-2H3. The Morgan fingerprint density at radius 3 is 2.37 bits per heavy atom. The first-order valence-corrected chi connectivity index (χ1v) is 12.0. The Morgan fingerprint density at radius 2 is 1.73 bits per heavy atom. The van der Waals surface area contributed by atoms with E-state index in [0.717, 1.165) is 41.2 Å². The summed E-state index contributed by atoms with van der Waals surface area (Å²) < 4.78 is 32.7. The summed E-state index contributed by atoms with van der Waals surface area (Å²) >= 11 is 6.08. The van der Waals surface area contributed by atoms with Crippen molar-refractivity contribution in [3.05, 3.63) is 65.3 Å². The molecule has 1 aliphatic rings. The predicted octanol–water partition coefficient (Wildman–Crippen LogP) is 4.34. The van der Waals surface area contributed by atoms with E-state index in [-0.39, 0.29) is 5.92 Å². The van der Waals surface area contributed by atoms with Crippen LogP contribution in [0.2, 0.25) is 5.02 Å². The molecule has 0 atom stereocenters. The number of ether oxygens (including phenoxy) is 1. The van der Waals surface area contributed by atoms with Gasteiger partial charge >= 0.3 is 0 Å². The van der Waals surface area contributed by atoms with E-state index in [2.05, 4.69) is 6.07 Å². The van der Waals surface area contributed by atoms with Crippen LogP contribution in [-0.4, -0.2) is 49.0 Å². The fraction of sp³-hybridized carbons (Fsp3) is 0.318. The monoisotopic (exact) mass is 445 g/mol. The van der Waals surface area contributed by atoms with E-state index in [1.807, 2.05) is 53.2 Å². The molecule has 0 bridgehead atoms. The number of sulfonamides is 1. The maximum atomic E-state index is 11.8. The predicted molar refractivity (Wildman–Crippen MR) is 119 cm³/mol. The summed E-state index contributed by atoms with van der Waals surface area (Å²) in [5, 5.41) is 5.61. The van der Waals surface area contributed by atoms with E-state index >= 15 is 0 Å². The van der Waals surface area contributed by atoms with E-state index in [1.165, 1.54) is 6.26 Å². The molecule has 0 amide bonds. The average Bonchev–Trinajstić information content (AvgIpc) is 3.19. The highest BCUT2D eigenvalue weighted by atomic mass is 35.5. The summed E-state index contributed by atoms with van der Waals surface area (Å²) in [7, 11) is -1.51. The van der Waals surface area contributed by atoms with Crippen LogP contribution in [0.25, 0.3) is 16.9 Å². The third-order valence-electron chi connectivity index (χ3n) is 5.52. The molecular formula is C22H24ClN3O3S. The van der Waals surface area contributed by atoms with Crippen LogP contribution in [0, 0.1) is 0 Å². The molecule has 0 saturated carbocycles. The van der Waals surface area contributed by atoms with Crippen molar-refractivity contribution in [1.82, 2.24) is 14.1 Å². The van der Waals surface area contributed by atoms with E-state index in [0.29, 0.717) is 18.1 Å². The summed E-state index contributed by atoms with van der Waals surface area (Å²) in [6.45, 7) is 1.03. The lowest BCUT2D eigenvalue weighted by Gasteiger charge is -2.29. The Labute approximate surface area is 182 Å². The first kappa shape index (κ1) is 20.9. The second-order valence-corrected chi connectivity index (χ2v) is 9.90. The molecule has 1 fully saturated rings. The number of rotatable bonds is 5. The summed E-state index contributed by atoms with van der Waals surface area (Å²) in [4.78, 5) is 0. The van der Waals surface area contributed by atoms with E-state index in [4.69, 9.17) is 21.4 Å². The van der Waals surface area contributed by atoms with Crippen LogP contribution in [0.3, 0.4) is 0 Å². The Hall–Kier alpha value is -2.35. The number of halogens is 1. The van der Waals surface area contributed by atoms with Gasteiger partial charge in [0.25, 0.3) is 0 Å². The van der Waals surface area contributed by atoms with Crippen LogP contribution >= 0.6 is 11.6 Å². The van der Waals surface area contributed by atoms with Crippen molar-refractivity contribution in [3.63, 3.8) is 0 Å². The Morgan fingerprint density at radius 1 is 1.07 bits per heavy atom. The molecule has 2 aromatic carbocycles. The first-order chi connectivity index (χ1) is 14.4. The molecule has 1 aliphatic heterocycles. The minimum absolute atomic E-state index is 0.199. The number of benzene rings is 2. The SMILES string of the molecule is COc1ccccc1-n1nc(C2CCN(S(C)(=O)=O)CC2)cc1-c1ccc(Cl)cc1. The topological polar surface area (TPSA) is 64.4 Å². The van der Waals surface area contributed by atoms with Crippen molar-refractivity contribution in [2.45, 2.75) is 18.8 Å². The zero-order valence-corrected chi connectivity index (χ0v) is 18.5. The quantitative estimate of drug-likeness (QED) is 0.586. The molecule has 0 spiro atoms. The molecule has 8 heteroatoms. The maximum Gasteiger partial charge on any atom is 0.211 e. The molecule has 1 saturated heterocycles. The second-order valence-electron chi connectivity index (χ2n) is 7.48. The minimum Gasteiger partial charge on any atom is -0.494 e. The zero-order chi connectivity index (χ0) is 21.3. The Kier molecular flexibility index (Phi) is 5.86. The van der Waals surface area contributed by atoms with E-state index in [1.54, 1.807) is 11.4 Å². The number of hydrogen-bond donors (Lipinski definition) is 0.